The van der Waals surface area contributed by atoms with Crippen molar-refractivity contribution in [3.05, 3.63) is 0 Å². The Morgan fingerprint density at radius 1 is 1.56 bits per heavy atom. The molecule has 0 aliphatic carbocycles. The lowest BCUT2D eigenvalue weighted by Crippen LogP contribution is -2.62. The zero-order valence-electron chi connectivity index (χ0n) is 9.82. The largest absolute Gasteiger partial charge is 0.348 e. The molecule has 0 radical (unpaired) electrons. The first kappa shape index (κ1) is 11.4. The predicted octanol–water partition coefficient (Wildman–Crippen LogP) is -0.539. The highest BCUT2D eigenvalue weighted by Gasteiger charge is 2.49. The zero-order valence-corrected chi connectivity index (χ0v) is 9.82. The van der Waals surface area contributed by atoms with Gasteiger partial charge in [-0.25, -0.2) is 0 Å². The molecule has 2 unspecified atom stereocenters. The van der Waals surface area contributed by atoms with Gasteiger partial charge in [0, 0.05) is 13.1 Å². The van der Waals surface area contributed by atoms with Crippen molar-refractivity contribution in [1.82, 2.24) is 10.2 Å². The molecule has 2 aliphatic heterocycles. The molecular weight excluding hydrogens is 206 g/mol. The second-order valence-corrected chi connectivity index (χ2v) is 5.28. The molecule has 0 saturated carbocycles. The third kappa shape index (κ3) is 1.80. The lowest BCUT2D eigenvalue weighted by Gasteiger charge is -2.38. The van der Waals surface area contributed by atoms with E-state index in [1.54, 1.807) is 4.90 Å². The van der Waals surface area contributed by atoms with Crippen molar-refractivity contribution < 1.29 is 9.59 Å². The van der Waals surface area contributed by atoms with Gasteiger partial charge in [0.25, 0.3) is 0 Å². The van der Waals surface area contributed by atoms with Crippen LogP contribution in [0.25, 0.3) is 0 Å². The van der Waals surface area contributed by atoms with Crippen molar-refractivity contribution in [2.45, 2.75) is 38.3 Å². The van der Waals surface area contributed by atoms with Crippen molar-refractivity contribution >= 4 is 11.8 Å². The second kappa shape index (κ2) is 3.73. The van der Waals surface area contributed by atoms with Gasteiger partial charge in [-0.05, 0) is 12.3 Å². The van der Waals surface area contributed by atoms with Crippen molar-refractivity contribution in [2.75, 3.05) is 13.1 Å². The summed E-state index contributed by atoms with van der Waals surface area (Å²) in [4.78, 5) is 24.7. The van der Waals surface area contributed by atoms with E-state index in [2.05, 4.69) is 5.32 Å². The van der Waals surface area contributed by atoms with E-state index in [0.717, 1.165) is 6.42 Å². The lowest BCUT2D eigenvalue weighted by molar-refractivity contribution is -0.136. The van der Waals surface area contributed by atoms with Crippen LogP contribution < -0.4 is 11.1 Å². The quantitative estimate of drug-likeness (QED) is 0.620. The van der Waals surface area contributed by atoms with Crippen LogP contribution in [-0.2, 0) is 9.59 Å². The zero-order chi connectivity index (χ0) is 11.9. The summed E-state index contributed by atoms with van der Waals surface area (Å²) < 4.78 is 0. The molecule has 5 heteroatoms. The van der Waals surface area contributed by atoms with Crippen LogP contribution in [0.4, 0.5) is 0 Å². The minimum Gasteiger partial charge on any atom is -0.348 e. The average molecular weight is 225 g/mol. The van der Waals surface area contributed by atoms with Crippen LogP contribution in [0.5, 0.6) is 0 Å². The van der Waals surface area contributed by atoms with Crippen LogP contribution in [0.15, 0.2) is 0 Å². The molecule has 2 amide bonds. The molecule has 0 aromatic carbocycles. The Labute approximate surface area is 95.3 Å². The number of rotatable bonds is 2. The molecule has 2 rings (SSSR count). The standard InChI is InChI=1S/C11H19N3O2/c1-7(2)9(12)10(16)14-4-3-11(6-14)5-8(15)13-11/h7,9H,3-6,12H2,1-2H3,(H,13,15). The Bertz CT molecular complexity index is 319. The maximum Gasteiger partial charge on any atom is 0.239 e. The predicted molar refractivity (Wildman–Crippen MR) is 59.5 cm³/mol. The highest BCUT2D eigenvalue weighted by Crippen LogP contribution is 2.31. The Hall–Kier alpha value is -1.10. The van der Waals surface area contributed by atoms with Gasteiger partial charge in [-0.1, -0.05) is 13.8 Å². The molecule has 2 saturated heterocycles. The van der Waals surface area contributed by atoms with Gasteiger partial charge in [0.2, 0.25) is 11.8 Å². The summed E-state index contributed by atoms with van der Waals surface area (Å²) >= 11 is 0. The maximum absolute atomic E-state index is 12.0. The van der Waals surface area contributed by atoms with Crippen LogP contribution in [0, 0.1) is 5.92 Å². The van der Waals surface area contributed by atoms with E-state index in [-0.39, 0.29) is 23.3 Å². The monoisotopic (exact) mass is 225 g/mol. The first-order chi connectivity index (χ1) is 7.43. The van der Waals surface area contributed by atoms with Crippen LogP contribution in [0.1, 0.15) is 26.7 Å². The lowest BCUT2D eigenvalue weighted by atomic mass is 9.86. The van der Waals surface area contributed by atoms with Crippen molar-refractivity contribution in [2.24, 2.45) is 11.7 Å². The summed E-state index contributed by atoms with van der Waals surface area (Å²) in [5, 5.41) is 2.90. The molecule has 2 aliphatic rings. The van der Waals surface area contributed by atoms with Gasteiger partial charge < -0.3 is 16.0 Å². The summed E-state index contributed by atoms with van der Waals surface area (Å²) in [6.07, 6.45) is 1.41. The Morgan fingerprint density at radius 2 is 2.19 bits per heavy atom. The fourth-order valence-electron chi connectivity index (χ4n) is 2.39. The summed E-state index contributed by atoms with van der Waals surface area (Å²) in [6, 6.07) is -0.425. The number of carbonyl (C=O) groups excluding carboxylic acids is 2. The first-order valence-corrected chi connectivity index (χ1v) is 5.79. The van der Waals surface area contributed by atoms with Gasteiger partial charge in [-0.3, -0.25) is 9.59 Å². The molecule has 2 fully saturated rings. The minimum absolute atomic E-state index is 0.00743. The number of hydrogen-bond acceptors (Lipinski definition) is 3. The fraction of sp³-hybridized carbons (Fsp3) is 0.818. The highest BCUT2D eigenvalue weighted by molar-refractivity contribution is 5.87. The topological polar surface area (TPSA) is 75.4 Å². The van der Waals surface area contributed by atoms with E-state index in [1.165, 1.54) is 0 Å². The average Bonchev–Trinajstić information content (AvgIpc) is 2.60. The molecule has 16 heavy (non-hydrogen) atoms. The smallest absolute Gasteiger partial charge is 0.239 e. The summed E-state index contributed by atoms with van der Waals surface area (Å²) in [6.45, 7) is 5.22. The van der Waals surface area contributed by atoms with Crippen molar-refractivity contribution in [3.8, 4) is 0 Å². The summed E-state index contributed by atoms with van der Waals surface area (Å²) in [5.74, 6) is 0.246. The molecule has 2 atom stereocenters. The normalized spacial score (nSPS) is 30.5. The van der Waals surface area contributed by atoms with Gasteiger partial charge in [-0.15, -0.1) is 0 Å². The molecule has 3 N–H and O–H groups in total. The Kier molecular flexibility index (Phi) is 2.66. The molecular formula is C11H19N3O2. The van der Waals surface area contributed by atoms with Crippen LogP contribution in [-0.4, -0.2) is 41.4 Å². The summed E-state index contributed by atoms with van der Waals surface area (Å²) in [7, 11) is 0. The molecule has 2 heterocycles. The first-order valence-electron chi connectivity index (χ1n) is 5.79. The van der Waals surface area contributed by atoms with Crippen LogP contribution in [0.2, 0.25) is 0 Å². The fourth-order valence-corrected chi connectivity index (χ4v) is 2.39. The third-order valence-electron chi connectivity index (χ3n) is 3.57. The van der Waals surface area contributed by atoms with Gasteiger partial charge in [0.05, 0.1) is 18.0 Å². The third-order valence-corrected chi connectivity index (χ3v) is 3.57. The number of likely N-dealkylation sites (tertiary alicyclic amines) is 1. The number of carbonyl (C=O) groups is 2. The van der Waals surface area contributed by atoms with Crippen molar-refractivity contribution in [3.63, 3.8) is 0 Å². The number of nitrogens with two attached hydrogens (primary N) is 1. The number of nitrogens with zero attached hydrogens (tertiary/aromatic N) is 1. The van der Waals surface area contributed by atoms with E-state index in [9.17, 15) is 9.59 Å². The van der Waals surface area contributed by atoms with E-state index in [4.69, 9.17) is 5.73 Å². The molecule has 0 aromatic heterocycles. The molecule has 90 valence electrons. The molecule has 0 bridgehead atoms. The maximum atomic E-state index is 12.0. The second-order valence-electron chi connectivity index (χ2n) is 5.28. The van der Waals surface area contributed by atoms with Gasteiger partial charge in [0.15, 0.2) is 0 Å². The number of β-lactam (4-membered cyclic amide) rings is 1. The molecule has 1 spiro atoms. The SMILES string of the molecule is CC(C)C(N)C(=O)N1CCC2(CC(=O)N2)C1. The minimum atomic E-state index is -0.425. The van der Waals surface area contributed by atoms with E-state index < -0.39 is 6.04 Å². The van der Waals surface area contributed by atoms with E-state index in [1.807, 2.05) is 13.8 Å². The van der Waals surface area contributed by atoms with Crippen LogP contribution in [0.3, 0.4) is 0 Å². The summed E-state index contributed by atoms with van der Waals surface area (Å²) in [5.41, 5.74) is 5.70. The van der Waals surface area contributed by atoms with Gasteiger partial charge in [0.1, 0.15) is 0 Å². The van der Waals surface area contributed by atoms with Gasteiger partial charge in [-0.2, -0.15) is 0 Å². The van der Waals surface area contributed by atoms with Crippen molar-refractivity contribution in [1.29, 1.82) is 0 Å². The molecule has 0 aromatic rings. The number of amides is 2. The Balaban J connectivity index is 1.94. The molecule has 5 nitrogen and oxygen atoms in total. The highest BCUT2D eigenvalue weighted by atomic mass is 16.2. The number of nitrogens with one attached hydrogen (secondary N) is 1. The Morgan fingerprint density at radius 3 is 2.69 bits per heavy atom. The number of hydrogen-bond donors (Lipinski definition) is 2. The van der Waals surface area contributed by atoms with E-state index in [0.29, 0.717) is 19.5 Å². The van der Waals surface area contributed by atoms with Crippen LogP contribution >= 0.6 is 0 Å². The van der Waals surface area contributed by atoms with E-state index >= 15 is 0 Å². The van der Waals surface area contributed by atoms with Gasteiger partial charge >= 0.3 is 0 Å².